The van der Waals surface area contributed by atoms with Gasteiger partial charge in [-0.2, -0.15) is 0 Å². The predicted molar refractivity (Wildman–Crippen MR) is 75.3 cm³/mol. The van der Waals surface area contributed by atoms with E-state index in [9.17, 15) is 13.9 Å². The van der Waals surface area contributed by atoms with E-state index in [4.69, 9.17) is 0 Å². The van der Waals surface area contributed by atoms with Gasteiger partial charge in [0.1, 0.15) is 11.6 Å². The molecule has 100 valence electrons. The molecule has 2 aromatic carbocycles. The maximum atomic E-state index is 13.6. The van der Waals surface area contributed by atoms with Gasteiger partial charge in [-0.1, -0.05) is 33.8 Å². The fourth-order valence-electron chi connectivity index (χ4n) is 1.62. The first-order valence-corrected chi connectivity index (χ1v) is 7.18. The van der Waals surface area contributed by atoms with Crippen molar-refractivity contribution in [3.05, 3.63) is 58.1 Å². The van der Waals surface area contributed by atoms with Crippen LogP contribution in [-0.2, 0) is 0 Å². The normalized spacial score (nSPS) is 12.5. The molecule has 0 amide bonds. The second-order valence-electron chi connectivity index (χ2n) is 4.03. The quantitative estimate of drug-likeness (QED) is 0.851. The zero-order chi connectivity index (χ0) is 14.0. The van der Waals surface area contributed by atoms with Crippen molar-refractivity contribution in [2.24, 2.45) is 0 Å². The molecule has 0 spiro atoms. The Morgan fingerprint density at radius 1 is 1.11 bits per heavy atom. The van der Waals surface area contributed by atoms with Gasteiger partial charge in [-0.15, -0.1) is 0 Å². The van der Waals surface area contributed by atoms with Gasteiger partial charge in [0.25, 0.3) is 0 Å². The first-order valence-electron chi connectivity index (χ1n) is 5.58. The van der Waals surface area contributed by atoms with Crippen LogP contribution < -0.4 is 0 Å². The lowest BCUT2D eigenvalue weighted by molar-refractivity contribution is 0.196. The van der Waals surface area contributed by atoms with E-state index in [0.717, 1.165) is 34.4 Å². The summed E-state index contributed by atoms with van der Waals surface area (Å²) in [5.41, 5.74) is 0.678. The first kappa shape index (κ1) is 14.5. The molecule has 1 atom stereocenters. The van der Waals surface area contributed by atoms with Crippen LogP contribution in [0.2, 0.25) is 0 Å². The zero-order valence-corrected chi connectivity index (χ0v) is 12.4. The van der Waals surface area contributed by atoms with Crippen LogP contribution in [0, 0.1) is 11.6 Å². The summed E-state index contributed by atoms with van der Waals surface area (Å²) in [6, 6.07) is 8.65. The van der Waals surface area contributed by atoms with Crippen LogP contribution in [0.25, 0.3) is 0 Å². The van der Waals surface area contributed by atoms with E-state index in [2.05, 4.69) is 15.9 Å². The van der Waals surface area contributed by atoms with E-state index in [1.54, 1.807) is 25.1 Å². The molecule has 0 saturated heterocycles. The highest BCUT2D eigenvalue weighted by atomic mass is 79.9. The Balaban J connectivity index is 2.42. The smallest absolute Gasteiger partial charge is 0.137 e. The monoisotopic (exact) mass is 344 g/mol. The molecule has 2 rings (SSSR count). The molecule has 0 aliphatic heterocycles. The number of aliphatic hydroxyl groups excluding tert-OH is 1. The predicted octanol–water partition coefficient (Wildman–Crippen LogP) is 4.93. The molecule has 0 radical (unpaired) electrons. The summed E-state index contributed by atoms with van der Waals surface area (Å²) in [4.78, 5) is 0.883. The third kappa shape index (κ3) is 3.55. The fraction of sp³-hybridized carbons (Fsp3) is 0.143. The van der Waals surface area contributed by atoms with E-state index < -0.39 is 17.7 Å². The van der Waals surface area contributed by atoms with Crippen LogP contribution in [-0.4, -0.2) is 5.11 Å². The van der Waals surface area contributed by atoms with Gasteiger partial charge >= 0.3 is 0 Å². The van der Waals surface area contributed by atoms with Crippen molar-refractivity contribution in [1.29, 1.82) is 0 Å². The van der Waals surface area contributed by atoms with E-state index in [-0.39, 0.29) is 4.90 Å². The molecule has 19 heavy (non-hydrogen) atoms. The molecule has 0 bridgehead atoms. The number of hydrogen-bond acceptors (Lipinski definition) is 2. The number of rotatable bonds is 3. The molecule has 0 aliphatic carbocycles. The highest BCUT2D eigenvalue weighted by Gasteiger charge is 2.12. The maximum Gasteiger partial charge on any atom is 0.137 e. The molecule has 2 aromatic rings. The molecule has 5 heteroatoms. The summed E-state index contributed by atoms with van der Waals surface area (Å²) in [6.45, 7) is 1.63. The Hall–Kier alpha value is -0.910. The minimum Gasteiger partial charge on any atom is -0.389 e. The van der Waals surface area contributed by atoms with Crippen LogP contribution in [0.4, 0.5) is 8.78 Å². The lowest BCUT2D eigenvalue weighted by atomic mass is 10.1. The lowest BCUT2D eigenvalue weighted by Crippen LogP contribution is -1.94. The Labute approximate surface area is 122 Å². The van der Waals surface area contributed by atoms with Crippen LogP contribution in [0.5, 0.6) is 0 Å². The molecule has 1 nitrogen and oxygen atoms in total. The number of benzene rings is 2. The number of hydrogen-bond donors (Lipinski definition) is 1. The summed E-state index contributed by atoms with van der Waals surface area (Å²) in [6.07, 6.45) is -0.674. The Kier molecular flexibility index (Phi) is 4.60. The molecule has 1 unspecified atom stereocenters. The van der Waals surface area contributed by atoms with Crippen molar-refractivity contribution in [2.45, 2.75) is 22.8 Å². The van der Waals surface area contributed by atoms with Gasteiger partial charge in [-0.25, -0.2) is 8.78 Å². The largest absolute Gasteiger partial charge is 0.389 e. The molecule has 0 heterocycles. The van der Waals surface area contributed by atoms with Crippen molar-refractivity contribution in [3.8, 4) is 0 Å². The van der Waals surface area contributed by atoms with E-state index in [0.29, 0.717) is 10.5 Å². The highest BCUT2D eigenvalue weighted by molar-refractivity contribution is 9.10. The number of aliphatic hydroxyl groups is 1. The van der Waals surface area contributed by atoms with Gasteiger partial charge in [0.05, 0.1) is 11.0 Å². The molecule has 0 saturated carbocycles. The van der Waals surface area contributed by atoms with Gasteiger partial charge in [0.15, 0.2) is 0 Å². The minimum atomic E-state index is -0.674. The minimum absolute atomic E-state index is 0.194. The molecule has 1 N–H and O–H groups in total. The molecule has 0 fully saturated rings. The second kappa shape index (κ2) is 6.03. The average Bonchev–Trinajstić information content (AvgIpc) is 2.33. The van der Waals surface area contributed by atoms with Crippen LogP contribution in [0.15, 0.2) is 50.7 Å². The summed E-state index contributed by atoms with van der Waals surface area (Å²) in [5, 5.41) is 9.70. The van der Waals surface area contributed by atoms with Crippen molar-refractivity contribution in [2.75, 3.05) is 0 Å². The second-order valence-corrected chi connectivity index (χ2v) is 6.03. The number of halogens is 3. The Morgan fingerprint density at radius 2 is 1.84 bits per heavy atom. The Morgan fingerprint density at radius 3 is 2.53 bits per heavy atom. The third-order valence-electron chi connectivity index (χ3n) is 2.54. The SMILES string of the molecule is CC(O)c1ccc(Br)cc1Sc1cc(F)ccc1F. The first-order chi connectivity index (χ1) is 8.97. The van der Waals surface area contributed by atoms with E-state index >= 15 is 0 Å². The molecule has 0 aliphatic rings. The van der Waals surface area contributed by atoms with Gasteiger partial charge < -0.3 is 5.11 Å². The van der Waals surface area contributed by atoms with Crippen molar-refractivity contribution >= 4 is 27.7 Å². The standard InChI is InChI=1S/C14H11BrF2OS/c1-8(18)11-4-2-9(15)6-13(11)19-14-7-10(16)3-5-12(14)17/h2-8,18H,1H3. The van der Waals surface area contributed by atoms with Gasteiger partial charge in [0.2, 0.25) is 0 Å². The van der Waals surface area contributed by atoms with Crippen molar-refractivity contribution in [1.82, 2.24) is 0 Å². The maximum absolute atomic E-state index is 13.6. The summed E-state index contributed by atoms with van der Waals surface area (Å²) < 4.78 is 27.6. The van der Waals surface area contributed by atoms with E-state index in [1.165, 1.54) is 0 Å². The molecular formula is C14H11BrF2OS. The zero-order valence-electron chi connectivity index (χ0n) is 10.0. The van der Waals surface area contributed by atoms with Gasteiger partial charge in [-0.05, 0) is 42.8 Å². The van der Waals surface area contributed by atoms with Crippen LogP contribution in [0.1, 0.15) is 18.6 Å². The molecule has 0 aromatic heterocycles. The van der Waals surface area contributed by atoms with Crippen LogP contribution in [0.3, 0.4) is 0 Å². The summed E-state index contributed by atoms with van der Waals surface area (Å²) in [5.74, 6) is -0.972. The van der Waals surface area contributed by atoms with Gasteiger partial charge in [0, 0.05) is 9.37 Å². The molecular weight excluding hydrogens is 334 g/mol. The van der Waals surface area contributed by atoms with E-state index in [1.807, 2.05) is 0 Å². The lowest BCUT2D eigenvalue weighted by Gasteiger charge is -2.12. The third-order valence-corrected chi connectivity index (χ3v) is 4.14. The van der Waals surface area contributed by atoms with Crippen molar-refractivity contribution < 1.29 is 13.9 Å². The fourth-order valence-corrected chi connectivity index (χ4v) is 3.24. The van der Waals surface area contributed by atoms with Crippen LogP contribution >= 0.6 is 27.7 Å². The highest BCUT2D eigenvalue weighted by Crippen LogP contribution is 2.36. The summed E-state index contributed by atoms with van der Waals surface area (Å²) >= 11 is 4.42. The topological polar surface area (TPSA) is 20.2 Å². The average molecular weight is 345 g/mol. The Bertz CT molecular complexity index is 602. The summed E-state index contributed by atoms with van der Waals surface area (Å²) in [7, 11) is 0. The van der Waals surface area contributed by atoms with Gasteiger partial charge in [-0.3, -0.25) is 0 Å². The van der Waals surface area contributed by atoms with Crippen molar-refractivity contribution in [3.63, 3.8) is 0 Å².